The van der Waals surface area contributed by atoms with Crippen LogP contribution in [0.25, 0.3) is 0 Å². The van der Waals surface area contributed by atoms with Crippen LogP contribution in [0, 0.1) is 5.92 Å². The molecule has 3 N–H and O–H groups in total. The molecule has 4 nitrogen and oxygen atoms in total. The third-order valence-corrected chi connectivity index (χ3v) is 5.34. The Morgan fingerprint density at radius 2 is 2.08 bits per heavy atom. The molecule has 0 aliphatic heterocycles. The number of carbonyl (C=O) groups excluding carboxylic acids is 1. The minimum absolute atomic E-state index is 0.111. The molecule has 24 heavy (non-hydrogen) atoms. The van der Waals surface area contributed by atoms with Gasteiger partial charge >= 0.3 is 0 Å². The Kier molecular flexibility index (Phi) is 6.27. The summed E-state index contributed by atoms with van der Waals surface area (Å²) >= 11 is 0. The van der Waals surface area contributed by atoms with E-state index in [2.05, 4.69) is 29.6 Å². The highest BCUT2D eigenvalue weighted by Crippen LogP contribution is 2.32. The molecule has 1 fully saturated rings. The van der Waals surface area contributed by atoms with Crippen molar-refractivity contribution in [3.63, 3.8) is 0 Å². The Morgan fingerprint density at radius 1 is 1.21 bits per heavy atom. The Hall–Kier alpha value is -1.39. The number of ether oxygens (including phenoxy) is 1. The molecule has 1 saturated carbocycles. The molecular formula is C20H30N2O2. The van der Waals surface area contributed by atoms with E-state index in [4.69, 9.17) is 10.5 Å². The number of aryl methyl sites for hydroxylation is 1. The summed E-state index contributed by atoms with van der Waals surface area (Å²) in [6.45, 7) is 1.39. The van der Waals surface area contributed by atoms with Crippen LogP contribution in [0.4, 0.5) is 0 Å². The Morgan fingerprint density at radius 3 is 2.96 bits per heavy atom. The van der Waals surface area contributed by atoms with Crippen LogP contribution in [0.1, 0.15) is 62.2 Å². The molecule has 2 aliphatic rings. The van der Waals surface area contributed by atoms with E-state index in [9.17, 15) is 4.79 Å². The van der Waals surface area contributed by atoms with Gasteiger partial charge in [0.05, 0.1) is 6.10 Å². The lowest BCUT2D eigenvalue weighted by Crippen LogP contribution is -2.38. The zero-order valence-electron chi connectivity index (χ0n) is 14.5. The van der Waals surface area contributed by atoms with E-state index in [-0.39, 0.29) is 24.0 Å². The predicted octanol–water partition coefficient (Wildman–Crippen LogP) is 3.10. The average molecular weight is 330 g/mol. The van der Waals surface area contributed by atoms with Crippen molar-refractivity contribution >= 4 is 5.91 Å². The highest BCUT2D eigenvalue weighted by molar-refractivity contribution is 5.78. The van der Waals surface area contributed by atoms with Crippen molar-refractivity contribution in [1.82, 2.24) is 5.32 Å². The quantitative estimate of drug-likeness (QED) is 0.788. The van der Waals surface area contributed by atoms with Gasteiger partial charge in [-0.1, -0.05) is 30.7 Å². The highest BCUT2D eigenvalue weighted by atomic mass is 16.5. The summed E-state index contributed by atoms with van der Waals surface area (Å²) < 4.78 is 6.08. The van der Waals surface area contributed by atoms with Crippen molar-refractivity contribution in [2.24, 2.45) is 11.7 Å². The molecule has 3 unspecified atom stereocenters. The normalized spacial score (nSPS) is 26.6. The minimum atomic E-state index is 0.111. The van der Waals surface area contributed by atoms with Gasteiger partial charge in [0.1, 0.15) is 0 Å². The summed E-state index contributed by atoms with van der Waals surface area (Å²) in [5.41, 5.74) is 8.74. The van der Waals surface area contributed by atoms with Gasteiger partial charge in [0.2, 0.25) is 5.91 Å². The summed E-state index contributed by atoms with van der Waals surface area (Å²) in [7, 11) is 0. The first-order chi connectivity index (χ1) is 11.7. The molecular weight excluding hydrogens is 300 g/mol. The molecule has 1 aromatic carbocycles. The molecule has 0 heterocycles. The number of carbonyl (C=O) groups is 1. The lowest BCUT2D eigenvalue weighted by Gasteiger charge is -2.26. The largest absolute Gasteiger partial charge is 0.373 e. The van der Waals surface area contributed by atoms with E-state index < -0.39 is 0 Å². The molecule has 1 aromatic rings. The zero-order chi connectivity index (χ0) is 16.8. The van der Waals surface area contributed by atoms with Gasteiger partial charge in [-0.25, -0.2) is 0 Å². The highest BCUT2D eigenvalue weighted by Gasteiger charge is 2.25. The lowest BCUT2D eigenvalue weighted by atomic mass is 9.85. The van der Waals surface area contributed by atoms with Crippen LogP contribution >= 0.6 is 0 Å². The van der Waals surface area contributed by atoms with Crippen LogP contribution in [0.5, 0.6) is 0 Å². The number of nitrogens with two attached hydrogens (primary N) is 1. The fourth-order valence-electron chi connectivity index (χ4n) is 4.00. The number of fused-ring (bicyclic) bond motifs is 1. The first kappa shape index (κ1) is 17.4. The SMILES string of the molecule is NC1CCCC(C(=O)NCCCOC2CCCc3ccccc32)C1. The van der Waals surface area contributed by atoms with Gasteiger partial charge in [0.15, 0.2) is 0 Å². The fraction of sp³-hybridized carbons (Fsp3) is 0.650. The van der Waals surface area contributed by atoms with Crippen molar-refractivity contribution in [3.05, 3.63) is 35.4 Å². The molecule has 1 amide bonds. The Balaban J connectivity index is 1.35. The number of amides is 1. The van der Waals surface area contributed by atoms with Gasteiger partial charge < -0.3 is 15.8 Å². The molecule has 2 aliphatic carbocycles. The zero-order valence-corrected chi connectivity index (χ0v) is 14.5. The van der Waals surface area contributed by atoms with Crippen LogP contribution < -0.4 is 11.1 Å². The molecule has 132 valence electrons. The van der Waals surface area contributed by atoms with Crippen LogP contribution in [0.2, 0.25) is 0 Å². The molecule has 0 saturated heterocycles. The topological polar surface area (TPSA) is 64.4 Å². The van der Waals surface area contributed by atoms with Crippen molar-refractivity contribution in [2.75, 3.05) is 13.2 Å². The second kappa shape index (κ2) is 8.63. The van der Waals surface area contributed by atoms with Crippen LogP contribution in [-0.4, -0.2) is 25.1 Å². The maximum atomic E-state index is 12.2. The summed E-state index contributed by atoms with van der Waals surface area (Å²) in [6.07, 6.45) is 8.49. The number of nitrogens with one attached hydrogen (secondary N) is 1. The number of hydrogen-bond donors (Lipinski definition) is 2. The summed E-state index contributed by atoms with van der Waals surface area (Å²) in [5, 5.41) is 3.06. The molecule has 0 spiro atoms. The number of hydrogen-bond acceptors (Lipinski definition) is 3. The van der Waals surface area contributed by atoms with Gasteiger partial charge in [-0.15, -0.1) is 0 Å². The summed E-state index contributed by atoms with van der Waals surface area (Å²) in [4.78, 5) is 12.2. The average Bonchev–Trinajstić information content (AvgIpc) is 2.61. The molecule has 0 radical (unpaired) electrons. The first-order valence-electron chi connectivity index (χ1n) is 9.46. The second-order valence-electron chi connectivity index (χ2n) is 7.22. The molecule has 0 aromatic heterocycles. The van der Waals surface area contributed by atoms with Crippen LogP contribution in [0.3, 0.4) is 0 Å². The van der Waals surface area contributed by atoms with Gasteiger partial charge in [-0.2, -0.15) is 0 Å². The van der Waals surface area contributed by atoms with E-state index >= 15 is 0 Å². The van der Waals surface area contributed by atoms with E-state index in [1.54, 1.807) is 0 Å². The number of rotatable bonds is 6. The van der Waals surface area contributed by atoms with Crippen molar-refractivity contribution in [2.45, 2.75) is 63.5 Å². The van der Waals surface area contributed by atoms with Gasteiger partial charge in [0.25, 0.3) is 0 Å². The van der Waals surface area contributed by atoms with Crippen molar-refractivity contribution in [1.29, 1.82) is 0 Å². The van der Waals surface area contributed by atoms with Crippen LogP contribution in [0.15, 0.2) is 24.3 Å². The van der Waals surface area contributed by atoms with E-state index in [1.807, 2.05) is 0 Å². The summed E-state index contributed by atoms with van der Waals surface area (Å²) in [6, 6.07) is 8.79. The van der Waals surface area contributed by atoms with Gasteiger partial charge in [-0.3, -0.25) is 4.79 Å². The minimum Gasteiger partial charge on any atom is -0.373 e. The van der Waals surface area contributed by atoms with Crippen LogP contribution in [-0.2, 0) is 16.0 Å². The van der Waals surface area contributed by atoms with Gasteiger partial charge in [-0.05, 0) is 56.1 Å². The lowest BCUT2D eigenvalue weighted by molar-refractivity contribution is -0.126. The number of benzene rings is 1. The third kappa shape index (κ3) is 4.58. The van der Waals surface area contributed by atoms with E-state index in [0.29, 0.717) is 13.2 Å². The Labute approximate surface area is 145 Å². The molecule has 4 heteroatoms. The smallest absolute Gasteiger partial charge is 0.223 e. The maximum absolute atomic E-state index is 12.2. The van der Waals surface area contributed by atoms with E-state index in [0.717, 1.165) is 44.9 Å². The monoisotopic (exact) mass is 330 g/mol. The predicted molar refractivity (Wildman–Crippen MR) is 95.6 cm³/mol. The molecule has 0 bridgehead atoms. The van der Waals surface area contributed by atoms with Gasteiger partial charge in [0, 0.05) is 25.1 Å². The van der Waals surface area contributed by atoms with Crippen molar-refractivity contribution < 1.29 is 9.53 Å². The first-order valence-corrected chi connectivity index (χ1v) is 9.46. The second-order valence-corrected chi connectivity index (χ2v) is 7.22. The van der Waals surface area contributed by atoms with Crippen molar-refractivity contribution in [3.8, 4) is 0 Å². The molecule has 3 atom stereocenters. The summed E-state index contributed by atoms with van der Waals surface area (Å²) in [5.74, 6) is 0.285. The Bertz CT molecular complexity index is 546. The standard InChI is InChI=1S/C20H30N2O2/c21-17-9-3-8-16(14-17)20(23)22-12-5-13-24-19-11-4-7-15-6-1-2-10-18(15)19/h1-2,6,10,16-17,19H,3-5,7-9,11-14,21H2,(H,22,23). The maximum Gasteiger partial charge on any atom is 0.223 e. The fourth-order valence-corrected chi connectivity index (χ4v) is 4.00. The van der Waals surface area contributed by atoms with E-state index in [1.165, 1.54) is 17.5 Å². The third-order valence-electron chi connectivity index (χ3n) is 5.34. The molecule has 3 rings (SSSR count).